The van der Waals surface area contributed by atoms with Gasteiger partial charge in [0.2, 0.25) is 5.91 Å². The Morgan fingerprint density at radius 1 is 1.26 bits per heavy atom. The number of aromatic nitrogens is 3. The summed E-state index contributed by atoms with van der Waals surface area (Å²) in [6.45, 7) is 9.76. The van der Waals surface area contributed by atoms with Crippen molar-refractivity contribution in [3.8, 4) is 16.9 Å². The van der Waals surface area contributed by atoms with Gasteiger partial charge in [-0.15, -0.1) is 0 Å². The summed E-state index contributed by atoms with van der Waals surface area (Å²) in [5, 5.41) is 7.60. The fraction of sp³-hybridized carbons (Fsp3) is 0.423. The lowest BCUT2D eigenvalue weighted by molar-refractivity contribution is -0.128. The number of ether oxygens (including phenoxy) is 2. The van der Waals surface area contributed by atoms with Crippen LogP contribution in [0.5, 0.6) is 5.75 Å². The Morgan fingerprint density at radius 3 is 2.74 bits per heavy atom. The normalized spacial score (nSPS) is 15.3. The van der Waals surface area contributed by atoms with Crippen molar-refractivity contribution in [3.05, 3.63) is 58.2 Å². The lowest BCUT2D eigenvalue weighted by Gasteiger charge is -2.28. The van der Waals surface area contributed by atoms with Crippen LogP contribution in [0.1, 0.15) is 32.4 Å². The highest BCUT2D eigenvalue weighted by Crippen LogP contribution is 2.37. The summed E-state index contributed by atoms with van der Waals surface area (Å²) >= 11 is 12.4. The predicted octanol–water partition coefficient (Wildman–Crippen LogP) is 4.30. The summed E-state index contributed by atoms with van der Waals surface area (Å²) in [5.41, 5.74) is 6.83. The maximum absolute atomic E-state index is 14.0. The molecular weight excluding hydrogens is 534 g/mol. The number of halogens is 3. The molecule has 9 nitrogen and oxygen atoms in total. The average Bonchev–Trinajstić information content (AvgIpc) is 3.40. The van der Waals surface area contributed by atoms with Gasteiger partial charge in [0, 0.05) is 60.3 Å². The minimum Gasteiger partial charge on any atom is -0.482 e. The third-order valence-electron chi connectivity index (χ3n) is 6.53. The van der Waals surface area contributed by atoms with Gasteiger partial charge in [-0.1, -0.05) is 23.2 Å². The number of benzene rings is 1. The van der Waals surface area contributed by atoms with Crippen molar-refractivity contribution in [2.45, 2.75) is 32.4 Å². The Bertz CT molecular complexity index is 1300. The monoisotopic (exact) mass is 564 g/mol. The number of carbonyl (C=O) groups is 1. The van der Waals surface area contributed by atoms with E-state index in [1.807, 2.05) is 0 Å². The van der Waals surface area contributed by atoms with E-state index in [1.165, 1.54) is 12.1 Å². The van der Waals surface area contributed by atoms with Crippen LogP contribution in [0.2, 0.25) is 10.0 Å². The summed E-state index contributed by atoms with van der Waals surface area (Å²) in [6.07, 6.45) is 4.30. The van der Waals surface area contributed by atoms with Crippen molar-refractivity contribution in [3.63, 3.8) is 0 Å². The number of hydrogen-bond donors (Lipinski definition) is 2. The molecule has 0 bridgehead atoms. The van der Waals surface area contributed by atoms with Gasteiger partial charge < -0.3 is 20.5 Å². The minimum atomic E-state index is -0.927. The highest BCUT2D eigenvalue weighted by Gasteiger charge is 2.31. The van der Waals surface area contributed by atoms with Crippen molar-refractivity contribution in [1.82, 2.24) is 25.0 Å². The topological polar surface area (TPSA) is 108 Å². The highest BCUT2D eigenvalue weighted by molar-refractivity contribution is 6.36. The van der Waals surface area contributed by atoms with Gasteiger partial charge in [-0.3, -0.25) is 14.4 Å². The first-order chi connectivity index (χ1) is 18.1. The molecule has 0 aliphatic carbocycles. The number of nitrogens with zero attached hydrogens (tertiary/aromatic N) is 4. The van der Waals surface area contributed by atoms with E-state index in [1.54, 1.807) is 50.1 Å². The molecule has 12 heteroatoms. The summed E-state index contributed by atoms with van der Waals surface area (Å²) < 4.78 is 27.0. The quantitative estimate of drug-likeness (QED) is 0.373. The molecule has 1 saturated heterocycles. The van der Waals surface area contributed by atoms with E-state index in [2.05, 4.69) is 20.3 Å². The predicted molar refractivity (Wildman–Crippen MR) is 145 cm³/mol. The van der Waals surface area contributed by atoms with Crippen LogP contribution >= 0.6 is 23.2 Å². The lowest BCUT2D eigenvalue weighted by atomic mass is 10.0. The summed E-state index contributed by atoms with van der Waals surface area (Å²) in [5.74, 6) is -0.310. The first kappa shape index (κ1) is 28.1. The average molecular weight is 565 g/mol. The SMILES string of the molecule is CC(Oc1cc(-c2cnn(C(C)(C)C(=O)NCCN3CCOCC3)c2)cnc1N)c1c(Cl)ccc(F)c1Cl. The van der Waals surface area contributed by atoms with Crippen LogP contribution in [0.25, 0.3) is 11.1 Å². The van der Waals surface area contributed by atoms with Gasteiger partial charge in [0.05, 0.1) is 24.4 Å². The van der Waals surface area contributed by atoms with Gasteiger partial charge in [-0.25, -0.2) is 9.37 Å². The van der Waals surface area contributed by atoms with Crippen molar-refractivity contribution in [2.75, 3.05) is 45.1 Å². The van der Waals surface area contributed by atoms with Crippen LogP contribution in [-0.2, 0) is 15.1 Å². The van der Waals surface area contributed by atoms with Crippen molar-refractivity contribution >= 4 is 34.9 Å². The summed E-state index contributed by atoms with van der Waals surface area (Å²) in [7, 11) is 0. The number of nitrogen functional groups attached to an aromatic ring is 1. The molecular formula is C26H31Cl2FN6O3. The molecule has 1 unspecified atom stereocenters. The van der Waals surface area contributed by atoms with Gasteiger partial charge >= 0.3 is 0 Å². The maximum atomic E-state index is 14.0. The zero-order valence-electron chi connectivity index (χ0n) is 21.5. The van der Waals surface area contributed by atoms with Crippen LogP contribution in [0.3, 0.4) is 0 Å². The van der Waals surface area contributed by atoms with E-state index in [0.717, 1.165) is 19.6 Å². The second-order valence-corrected chi connectivity index (χ2v) is 10.4. The Hall–Kier alpha value is -2.92. The number of nitrogens with two attached hydrogens (primary N) is 1. The first-order valence-electron chi connectivity index (χ1n) is 12.3. The molecule has 3 aromatic rings. The molecule has 1 aromatic carbocycles. The Morgan fingerprint density at radius 2 is 2.00 bits per heavy atom. The molecule has 0 spiro atoms. The zero-order valence-corrected chi connectivity index (χ0v) is 23.0. The fourth-order valence-corrected chi connectivity index (χ4v) is 4.80. The minimum absolute atomic E-state index is 0.112. The molecule has 0 saturated carbocycles. The number of carbonyl (C=O) groups excluding carboxylic acids is 1. The molecule has 1 aliphatic rings. The number of hydrogen-bond acceptors (Lipinski definition) is 7. The number of morpholine rings is 1. The van der Waals surface area contributed by atoms with Gasteiger partial charge in [0.15, 0.2) is 11.6 Å². The third-order valence-corrected chi connectivity index (χ3v) is 7.25. The molecule has 3 heterocycles. The molecule has 1 amide bonds. The maximum Gasteiger partial charge on any atom is 0.247 e. The van der Waals surface area contributed by atoms with E-state index in [0.29, 0.717) is 36.4 Å². The molecule has 1 atom stereocenters. The van der Waals surface area contributed by atoms with E-state index in [-0.39, 0.29) is 27.5 Å². The Labute approximate surface area is 231 Å². The van der Waals surface area contributed by atoms with E-state index < -0.39 is 17.5 Å². The number of rotatable bonds is 9. The van der Waals surface area contributed by atoms with Crippen molar-refractivity contribution in [2.24, 2.45) is 0 Å². The standard InChI is InChI=1S/C26H31Cl2FN6O3/c1-16(22-19(27)4-5-20(29)23(22)28)38-21-12-17(13-32-24(21)30)18-14-33-35(15-18)26(2,3)25(36)31-6-7-34-8-10-37-11-9-34/h4-5,12-16H,6-11H2,1-3H3,(H2,30,32)(H,31,36). The molecule has 3 N–H and O–H groups in total. The van der Waals surface area contributed by atoms with E-state index in [4.69, 9.17) is 38.4 Å². The number of anilines is 1. The van der Waals surface area contributed by atoms with Crippen LogP contribution in [0.4, 0.5) is 10.2 Å². The Kier molecular flexibility index (Phi) is 8.77. The number of pyridine rings is 1. The second kappa shape index (κ2) is 11.9. The zero-order chi connectivity index (χ0) is 27.4. The molecule has 0 radical (unpaired) electrons. The van der Waals surface area contributed by atoms with Gasteiger partial charge in [0.1, 0.15) is 17.5 Å². The van der Waals surface area contributed by atoms with Crippen LogP contribution in [0.15, 0.2) is 36.8 Å². The molecule has 204 valence electrons. The van der Waals surface area contributed by atoms with Gasteiger partial charge in [-0.2, -0.15) is 5.10 Å². The summed E-state index contributed by atoms with van der Waals surface area (Å²) in [4.78, 5) is 19.5. The van der Waals surface area contributed by atoms with Crippen LogP contribution < -0.4 is 15.8 Å². The van der Waals surface area contributed by atoms with Gasteiger partial charge in [0.25, 0.3) is 0 Å². The smallest absolute Gasteiger partial charge is 0.247 e. The van der Waals surface area contributed by atoms with E-state index >= 15 is 0 Å². The van der Waals surface area contributed by atoms with Crippen LogP contribution in [-0.4, -0.2) is 65.0 Å². The molecule has 4 rings (SSSR count). The Balaban J connectivity index is 1.46. The fourth-order valence-electron chi connectivity index (χ4n) is 4.12. The highest BCUT2D eigenvalue weighted by atomic mass is 35.5. The lowest BCUT2D eigenvalue weighted by Crippen LogP contribution is -2.48. The number of nitrogens with one attached hydrogen (secondary N) is 1. The number of amides is 1. The van der Waals surface area contributed by atoms with Crippen molar-refractivity contribution < 1.29 is 18.7 Å². The van der Waals surface area contributed by atoms with Crippen LogP contribution in [0, 0.1) is 5.82 Å². The van der Waals surface area contributed by atoms with Gasteiger partial charge in [-0.05, 0) is 39.0 Å². The van der Waals surface area contributed by atoms with Crippen molar-refractivity contribution in [1.29, 1.82) is 0 Å². The first-order valence-corrected chi connectivity index (χ1v) is 13.0. The summed E-state index contributed by atoms with van der Waals surface area (Å²) in [6, 6.07) is 4.32. The second-order valence-electron chi connectivity index (χ2n) is 9.57. The molecule has 1 aliphatic heterocycles. The largest absolute Gasteiger partial charge is 0.482 e. The molecule has 38 heavy (non-hydrogen) atoms. The van der Waals surface area contributed by atoms with E-state index in [9.17, 15) is 9.18 Å². The molecule has 1 fully saturated rings. The molecule has 2 aromatic heterocycles. The third kappa shape index (κ3) is 6.20.